The Kier molecular flexibility index (Phi) is 4.64. The molecule has 0 radical (unpaired) electrons. The van der Waals surface area contributed by atoms with E-state index in [4.69, 9.17) is 4.52 Å². The van der Waals surface area contributed by atoms with Crippen molar-refractivity contribution in [3.05, 3.63) is 47.7 Å². The molecule has 2 N–H and O–H groups in total. The average molecular weight is 326 g/mol. The Balaban J connectivity index is 1.59. The van der Waals surface area contributed by atoms with E-state index in [2.05, 4.69) is 44.5 Å². The molecule has 8 nitrogen and oxygen atoms in total. The van der Waals surface area contributed by atoms with Crippen LogP contribution in [0, 0.1) is 5.92 Å². The van der Waals surface area contributed by atoms with Crippen LogP contribution < -0.4 is 5.32 Å². The lowest BCUT2D eigenvalue weighted by Gasteiger charge is -1.99. The minimum Gasteiger partial charge on any atom is -0.342 e. The summed E-state index contributed by atoms with van der Waals surface area (Å²) in [6.07, 6.45) is 2.50. The fourth-order valence-electron chi connectivity index (χ4n) is 2.19. The summed E-state index contributed by atoms with van der Waals surface area (Å²) >= 11 is 0. The molecule has 3 aromatic rings. The van der Waals surface area contributed by atoms with E-state index < -0.39 is 0 Å². The Morgan fingerprint density at radius 2 is 2.25 bits per heavy atom. The van der Waals surface area contributed by atoms with Crippen molar-refractivity contribution in [2.75, 3.05) is 0 Å². The van der Waals surface area contributed by atoms with Crippen LogP contribution in [0.25, 0.3) is 11.5 Å². The number of H-pyrrole nitrogens is 1. The maximum atomic E-state index is 12.1. The molecule has 0 atom stereocenters. The summed E-state index contributed by atoms with van der Waals surface area (Å²) in [6, 6.07) is 7.18. The van der Waals surface area contributed by atoms with E-state index in [1.807, 2.05) is 12.1 Å². The number of pyridine rings is 1. The number of amides is 1. The molecule has 3 heterocycles. The maximum Gasteiger partial charge on any atom is 0.272 e. The number of rotatable bonds is 6. The van der Waals surface area contributed by atoms with Gasteiger partial charge in [-0.15, -0.1) is 0 Å². The molecular formula is C16H18N6O2. The van der Waals surface area contributed by atoms with Crippen LogP contribution in [0.15, 0.2) is 35.0 Å². The molecular weight excluding hydrogens is 308 g/mol. The smallest absolute Gasteiger partial charge is 0.272 e. The van der Waals surface area contributed by atoms with Gasteiger partial charge in [-0.3, -0.25) is 14.9 Å². The SMILES string of the molecule is CC(C)Cc1cc(C(=O)NCc2nc(-c3ccccn3)no2)n[nH]1. The standard InChI is InChI=1S/C16H18N6O2/c1-10(2)7-11-8-13(21-20-11)16(23)18-9-14-19-15(22-24-14)12-5-3-4-6-17-12/h3-6,8,10H,7,9H2,1-2H3,(H,18,23)(H,20,21). The molecule has 0 fully saturated rings. The average Bonchev–Trinajstić information content (AvgIpc) is 3.22. The summed E-state index contributed by atoms with van der Waals surface area (Å²) < 4.78 is 5.12. The van der Waals surface area contributed by atoms with E-state index in [-0.39, 0.29) is 12.5 Å². The number of carbonyl (C=O) groups excluding carboxylic acids is 1. The van der Waals surface area contributed by atoms with Crippen LogP contribution in [0.2, 0.25) is 0 Å². The van der Waals surface area contributed by atoms with Crippen LogP contribution in [0.5, 0.6) is 0 Å². The zero-order valence-corrected chi connectivity index (χ0v) is 13.5. The van der Waals surface area contributed by atoms with Crippen molar-refractivity contribution < 1.29 is 9.32 Å². The molecule has 3 aromatic heterocycles. The molecule has 0 saturated carbocycles. The molecule has 0 spiro atoms. The van der Waals surface area contributed by atoms with Crippen LogP contribution in [-0.2, 0) is 13.0 Å². The molecule has 1 amide bonds. The van der Waals surface area contributed by atoms with Crippen molar-refractivity contribution in [1.29, 1.82) is 0 Å². The van der Waals surface area contributed by atoms with Gasteiger partial charge >= 0.3 is 0 Å². The maximum absolute atomic E-state index is 12.1. The first-order valence-corrected chi connectivity index (χ1v) is 7.68. The van der Waals surface area contributed by atoms with Crippen LogP contribution in [0.3, 0.4) is 0 Å². The van der Waals surface area contributed by atoms with Crippen molar-refractivity contribution in [1.82, 2.24) is 30.6 Å². The van der Waals surface area contributed by atoms with Crippen molar-refractivity contribution in [3.8, 4) is 11.5 Å². The van der Waals surface area contributed by atoms with E-state index >= 15 is 0 Å². The summed E-state index contributed by atoms with van der Waals surface area (Å²) in [5.41, 5.74) is 1.89. The summed E-state index contributed by atoms with van der Waals surface area (Å²) in [7, 11) is 0. The van der Waals surface area contributed by atoms with Crippen LogP contribution >= 0.6 is 0 Å². The van der Waals surface area contributed by atoms with Gasteiger partial charge in [0.2, 0.25) is 11.7 Å². The van der Waals surface area contributed by atoms with E-state index in [0.717, 1.165) is 12.1 Å². The molecule has 0 aromatic carbocycles. The highest BCUT2D eigenvalue weighted by atomic mass is 16.5. The zero-order chi connectivity index (χ0) is 16.9. The second-order valence-electron chi connectivity index (χ2n) is 5.79. The Morgan fingerprint density at radius 1 is 1.38 bits per heavy atom. The van der Waals surface area contributed by atoms with Crippen molar-refractivity contribution in [3.63, 3.8) is 0 Å². The largest absolute Gasteiger partial charge is 0.342 e. The van der Waals surface area contributed by atoms with Crippen molar-refractivity contribution in [2.45, 2.75) is 26.8 Å². The first kappa shape index (κ1) is 15.9. The lowest BCUT2D eigenvalue weighted by molar-refractivity contribution is 0.0941. The second kappa shape index (κ2) is 7.03. The van der Waals surface area contributed by atoms with Gasteiger partial charge in [-0.1, -0.05) is 25.1 Å². The molecule has 0 aliphatic carbocycles. The fourth-order valence-corrected chi connectivity index (χ4v) is 2.19. The highest BCUT2D eigenvalue weighted by Gasteiger charge is 2.14. The predicted molar refractivity (Wildman–Crippen MR) is 85.8 cm³/mol. The Hall–Kier alpha value is -3.03. The molecule has 0 saturated heterocycles. The third kappa shape index (κ3) is 3.83. The highest BCUT2D eigenvalue weighted by Crippen LogP contribution is 2.12. The molecule has 24 heavy (non-hydrogen) atoms. The first-order valence-electron chi connectivity index (χ1n) is 7.68. The molecule has 0 bridgehead atoms. The lowest BCUT2D eigenvalue weighted by atomic mass is 10.1. The molecule has 0 unspecified atom stereocenters. The zero-order valence-electron chi connectivity index (χ0n) is 13.5. The summed E-state index contributed by atoms with van der Waals surface area (Å²) in [5.74, 6) is 0.893. The van der Waals surface area contributed by atoms with Gasteiger partial charge in [-0.2, -0.15) is 10.1 Å². The summed E-state index contributed by atoms with van der Waals surface area (Å²) in [4.78, 5) is 20.5. The Morgan fingerprint density at radius 3 is 3.00 bits per heavy atom. The van der Waals surface area contributed by atoms with Gasteiger partial charge < -0.3 is 9.84 Å². The molecule has 124 valence electrons. The third-order valence-electron chi connectivity index (χ3n) is 3.25. The Labute approximate surface area is 138 Å². The molecule has 0 aliphatic heterocycles. The van der Waals surface area contributed by atoms with Crippen LogP contribution in [0.1, 0.15) is 35.9 Å². The number of hydrogen-bond donors (Lipinski definition) is 2. The number of aromatic nitrogens is 5. The number of nitrogens with zero attached hydrogens (tertiary/aromatic N) is 4. The van der Waals surface area contributed by atoms with E-state index in [1.54, 1.807) is 18.3 Å². The first-order chi connectivity index (χ1) is 11.6. The topological polar surface area (TPSA) is 110 Å². The van der Waals surface area contributed by atoms with Gasteiger partial charge in [0.15, 0.2) is 0 Å². The number of nitrogens with one attached hydrogen (secondary N) is 2. The van der Waals surface area contributed by atoms with Gasteiger partial charge in [0, 0.05) is 11.9 Å². The predicted octanol–water partition coefficient (Wildman–Crippen LogP) is 1.98. The summed E-state index contributed by atoms with van der Waals surface area (Å²) in [5, 5.41) is 13.5. The monoisotopic (exact) mass is 326 g/mol. The van der Waals surface area contributed by atoms with E-state index in [9.17, 15) is 4.79 Å². The van der Waals surface area contributed by atoms with E-state index in [0.29, 0.717) is 29.0 Å². The highest BCUT2D eigenvalue weighted by molar-refractivity contribution is 5.92. The molecule has 8 heteroatoms. The van der Waals surface area contributed by atoms with Crippen molar-refractivity contribution >= 4 is 5.91 Å². The van der Waals surface area contributed by atoms with Gasteiger partial charge in [0.1, 0.15) is 11.4 Å². The Bertz CT molecular complexity index is 809. The lowest BCUT2D eigenvalue weighted by Crippen LogP contribution is -2.23. The van der Waals surface area contributed by atoms with Crippen LogP contribution in [-0.4, -0.2) is 31.2 Å². The second-order valence-corrected chi connectivity index (χ2v) is 5.79. The summed E-state index contributed by atoms with van der Waals surface area (Å²) in [6.45, 7) is 4.34. The normalized spacial score (nSPS) is 11.0. The number of hydrogen-bond acceptors (Lipinski definition) is 6. The van der Waals surface area contributed by atoms with Crippen LogP contribution in [0.4, 0.5) is 0 Å². The minimum absolute atomic E-state index is 0.130. The number of aromatic amines is 1. The minimum atomic E-state index is -0.293. The molecule has 3 rings (SSSR count). The van der Waals surface area contributed by atoms with Gasteiger partial charge in [0.05, 0.1) is 6.54 Å². The quantitative estimate of drug-likeness (QED) is 0.717. The van der Waals surface area contributed by atoms with Gasteiger partial charge in [-0.25, -0.2) is 0 Å². The van der Waals surface area contributed by atoms with Gasteiger partial charge in [-0.05, 0) is 30.5 Å². The van der Waals surface area contributed by atoms with Gasteiger partial charge in [0.25, 0.3) is 5.91 Å². The third-order valence-corrected chi connectivity index (χ3v) is 3.25. The fraction of sp³-hybridized carbons (Fsp3) is 0.312. The van der Waals surface area contributed by atoms with E-state index in [1.165, 1.54) is 0 Å². The van der Waals surface area contributed by atoms with Crippen molar-refractivity contribution in [2.24, 2.45) is 5.92 Å². The number of carbonyl (C=O) groups is 1. The molecule has 0 aliphatic rings.